The first-order valence-electron chi connectivity index (χ1n) is 8.82. The lowest BCUT2D eigenvalue weighted by Crippen LogP contribution is -2.29. The number of hydrogen-bond donors (Lipinski definition) is 3. The number of anilines is 3. The van der Waals surface area contributed by atoms with Gasteiger partial charge in [0.05, 0.1) is 4.88 Å². The molecule has 0 bridgehead atoms. The number of aromatic nitrogens is 4. The van der Waals surface area contributed by atoms with E-state index in [0.29, 0.717) is 36.3 Å². The standard InChI is InChI=1S/C19H17N7O2S/c27-19(13-12-14(28-26-13)15-4-3-11-29-15)22-10-9-21-17-6-7-18(25-24-17)23-16-5-1-2-8-20-16/h1-8,11-12H,9-10H2,(H,21,24)(H,22,27)(H,20,23,25). The molecule has 4 aromatic rings. The van der Waals surface area contributed by atoms with Crippen molar-refractivity contribution in [1.82, 2.24) is 25.7 Å². The van der Waals surface area contributed by atoms with Gasteiger partial charge in [-0.2, -0.15) is 0 Å². The van der Waals surface area contributed by atoms with Gasteiger partial charge in [-0.1, -0.05) is 17.3 Å². The molecule has 0 spiro atoms. The van der Waals surface area contributed by atoms with Gasteiger partial charge in [0.15, 0.2) is 17.3 Å². The molecule has 4 rings (SSSR count). The molecule has 29 heavy (non-hydrogen) atoms. The Labute approximate surface area is 170 Å². The molecule has 0 unspecified atom stereocenters. The highest BCUT2D eigenvalue weighted by molar-refractivity contribution is 7.13. The van der Waals surface area contributed by atoms with Gasteiger partial charge in [0, 0.05) is 25.4 Å². The maximum Gasteiger partial charge on any atom is 0.273 e. The minimum atomic E-state index is -0.292. The van der Waals surface area contributed by atoms with Crippen molar-refractivity contribution in [2.24, 2.45) is 0 Å². The average molecular weight is 407 g/mol. The highest BCUT2D eigenvalue weighted by Gasteiger charge is 2.13. The topological polar surface area (TPSA) is 118 Å². The number of amides is 1. The maximum absolute atomic E-state index is 12.2. The molecule has 0 aromatic carbocycles. The predicted molar refractivity (Wildman–Crippen MR) is 110 cm³/mol. The summed E-state index contributed by atoms with van der Waals surface area (Å²) in [6.45, 7) is 0.888. The molecule has 0 saturated carbocycles. The third-order valence-corrected chi connectivity index (χ3v) is 4.69. The van der Waals surface area contributed by atoms with Crippen LogP contribution < -0.4 is 16.0 Å². The third kappa shape index (κ3) is 4.93. The second-order valence-electron chi connectivity index (χ2n) is 5.88. The lowest BCUT2D eigenvalue weighted by Gasteiger charge is -2.07. The van der Waals surface area contributed by atoms with E-state index in [1.165, 1.54) is 11.3 Å². The van der Waals surface area contributed by atoms with E-state index in [1.807, 2.05) is 35.7 Å². The largest absolute Gasteiger partial charge is 0.367 e. The number of rotatable bonds is 8. The molecule has 0 fully saturated rings. The Balaban J connectivity index is 1.22. The first kappa shape index (κ1) is 18.6. The number of pyridine rings is 1. The molecule has 3 N–H and O–H groups in total. The molecular formula is C19H17N7O2S. The van der Waals surface area contributed by atoms with Crippen LogP contribution in [0.15, 0.2) is 64.6 Å². The van der Waals surface area contributed by atoms with E-state index >= 15 is 0 Å². The number of carbonyl (C=O) groups excluding carboxylic acids is 1. The second-order valence-corrected chi connectivity index (χ2v) is 6.83. The van der Waals surface area contributed by atoms with Crippen LogP contribution in [0.3, 0.4) is 0 Å². The predicted octanol–water partition coefficient (Wildman–Crippen LogP) is 3.17. The number of carbonyl (C=O) groups is 1. The van der Waals surface area contributed by atoms with Crippen LogP contribution in [0.25, 0.3) is 10.6 Å². The highest BCUT2D eigenvalue weighted by Crippen LogP contribution is 2.25. The lowest BCUT2D eigenvalue weighted by molar-refractivity contribution is 0.0946. The van der Waals surface area contributed by atoms with Crippen molar-refractivity contribution in [3.63, 3.8) is 0 Å². The Hall–Kier alpha value is -3.79. The fraction of sp³-hybridized carbons (Fsp3) is 0.105. The Bertz CT molecular complexity index is 1050. The van der Waals surface area contributed by atoms with Crippen LogP contribution in [0.4, 0.5) is 17.5 Å². The Morgan fingerprint density at radius 2 is 1.90 bits per heavy atom. The Kier molecular flexibility index (Phi) is 5.72. The van der Waals surface area contributed by atoms with Crippen LogP contribution in [-0.4, -0.2) is 39.3 Å². The van der Waals surface area contributed by atoms with Crippen molar-refractivity contribution in [2.75, 3.05) is 23.7 Å². The molecule has 10 heteroatoms. The van der Waals surface area contributed by atoms with Crippen LogP contribution in [0.5, 0.6) is 0 Å². The van der Waals surface area contributed by atoms with Crippen molar-refractivity contribution in [2.45, 2.75) is 0 Å². The van der Waals surface area contributed by atoms with Crippen LogP contribution >= 0.6 is 11.3 Å². The van der Waals surface area contributed by atoms with Crippen molar-refractivity contribution in [3.05, 3.63) is 65.8 Å². The Morgan fingerprint density at radius 3 is 2.66 bits per heavy atom. The van der Waals surface area contributed by atoms with Gasteiger partial charge in [-0.25, -0.2) is 4.98 Å². The number of thiophene rings is 1. The zero-order valence-corrected chi connectivity index (χ0v) is 16.0. The number of nitrogens with one attached hydrogen (secondary N) is 3. The van der Waals surface area contributed by atoms with Gasteiger partial charge < -0.3 is 20.5 Å². The molecule has 0 aliphatic carbocycles. The van der Waals surface area contributed by atoms with Crippen LogP contribution in [0.1, 0.15) is 10.5 Å². The third-order valence-electron chi connectivity index (χ3n) is 3.81. The van der Waals surface area contributed by atoms with E-state index < -0.39 is 0 Å². The van der Waals surface area contributed by atoms with E-state index in [0.717, 1.165) is 4.88 Å². The van der Waals surface area contributed by atoms with E-state index in [1.54, 1.807) is 24.4 Å². The van der Waals surface area contributed by atoms with E-state index in [4.69, 9.17) is 4.52 Å². The van der Waals surface area contributed by atoms with Crippen molar-refractivity contribution >= 4 is 34.7 Å². The van der Waals surface area contributed by atoms with Crippen molar-refractivity contribution < 1.29 is 9.32 Å². The molecule has 0 aliphatic rings. The van der Waals surface area contributed by atoms with E-state index in [2.05, 4.69) is 36.3 Å². The van der Waals surface area contributed by atoms with E-state index in [-0.39, 0.29) is 11.6 Å². The lowest BCUT2D eigenvalue weighted by atomic mass is 10.3. The fourth-order valence-electron chi connectivity index (χ4n) is 2.44. The molecule has 0 radical (unpaired) electrons. The van der Waals surface area contributed by atoms with Crippen molar-refractivity contribution in [1.29, 1.82) is 0 Å². The fourth-order valence-corrected chi connectivity index (χ4v) is 3.11. The van der Waals surface area contributed by atoms with E-state index in [9.17, 15) is 4.79 Å². The van der Waals surface area contributed by atoms with Gasteiger partial charge in [-0.3, -0.25) is 4.79 Å². The smallest absolute Gasteiger partial charge is 0.273 e. The zero-order chi connectivity index (χ0) is 19.9. The summed E-state index contributed by atoms with van der Waals surface area (Å²) in [6, 6.07) is 14.6. The summed E-state index contributed by atoms with van der Waals surface area (Å²) in [4.78, 5) is 17.3. The molecule has 0 atom stereocenters. The quantitative estimate of drug-likeness (QED) is 0.381. The number of hydrogen-bond acceptors (Lipinski definition) is 9. The molecule has 4 heterocycles. The van der Waals surface area contributed by atoms with Crippen molar-refractivity contribution in [3.8, 4) is 10.6 Å². The summed E-state index contributed by atoms with van der Waals surface area (Å²) in [5.74, 6) is 2.18. The maximum atomic E-state index is 12.2. The normalized spacial score (nSPS) is 10.5. The summed E-state index contributed by atoms with van der Waals surface area (Å²) in [7, 11) is 0. The van der Waals surface area contributed by atoms with Gasteiger partial charge in [0.25, 0.3) is 5.91 Å². The SMILES string of the molecule is O=C(NCCNc1ccc(Nc2ccccn2)nn1)c1cc(-c2cccs2)on1. The van der Waals surface area contributed by atoms with Gasteiger partial charge >= 0.3 is 0 Å². The van der Waals surface area contributed by atoms with Crippen LogP contribution in [-0.2, 0) is 0 Å². The minimum Gasteiger partial charge on any atom is -0.367 e. The number of nitrogens with zero attached hydrogens (tertiary/aromatic N) is 4. The Morgan fingerprint density at radius 1 is 1.00 bits per heavy atom. The molecule has 4 aromatic heterocycles. The zero-order valence-electron chi connectivity index (χ0n) is 15.2. The minimum absolute atomic E-state index is 0.248. The van der Waals surface area contributed by atoms with Crippen LogP contribution in [0, 0.1) is 0 Å². The summed E-state index contributed by atoms with van der Waals surface area (Å²) in [5, 5.41) is 22.9. The van der Waals surface area contributed by atoms with Gasteiger partial charge in [-0.05, 0) is 35.7 Å². The first-order chi connectivity index (χ1) is 14.3. The summed E-state index contributed by atoms with van der Waals surface area (Å²) in [6.07, 6.45) is 1.70. The monoisotopic (exact) mass is 407 g/mol. The molecule has 0 saturated heterocycles. The molecule has 146 valence electrons. The summed E-state index contributed by atoms with van der Waals surface area (Å²) in [5.41, 5.74) is 0.248. The highest BCUT2D eigenvalue weighted by atomic mass is 32.1. The molecular weight excluding hydrogens is 390 g/mol. The summed E-state index contributed by atoms with van der Waals surface area (Å²) >= 11 is 1.53. The molecule has 1 amide bonds. The average Bonchev–Trinajstić information content (AvgIpc) is 3.45. The van der Waals surface area contributed by atoms with Gasteiger partial charge in [-0.15, -0.1) is 21.5 Å². The van der Waals surface area contributed by atoms with Crippen LogP contribution in [0.2, 0.25) is 0 Å². The molecule has 0 aliphatic heterocycles. The van der Waals surface area contributed by atoms with Gasteiger partial charge in [0.2, 0.25) is 0 Å². The van der Waals surface area contributed by atoms with Gasteiger partial charge in [0.1, 0.15) is 11.6 Å². The molecule has 9 nitrogen and oxygen atoms in total. The second kappa shape index (κ2) is 8.93. The summed E-state index contributed by atoms with van der Waals surface area (Å²) < 4.78 is 5.21. The first-order valence-corrected chi connectivity index (χ1v) is 9.70.